The van der Waals surface area contributed by atoms with Crippen LogP contribution < -0.4 is 5.73 Å². The summed E-state index contributed by atoms with van der Waals surface area (Å²) in [6.07, 6.45) is 0. The van der Waals surface area contributed by atoms with E-state index in [2.05, 4.69) is 52.2 Å². The maximum atomic E-state index is 5.93. The molecule has 1 heterocycles. The predicted molar refractivity (Wildman–Crippen MR) is 69.4 cm³/mol. The molecule has 0 aliphatic carbocycles. The summed E-state index contributed by atoms with van der Waals surface area (Å²) in [7, 11) is 0. The number of hydrogen-bond donors (Lipinski definition) is 1. The van der Waals surface area contributed by atoms with Crippen LogP contribution in [0.3, 0.4) is 0 Å². The normalized spacial score (nSPS) is 10.7. The SMILES string of the molecule is Cc1ccc(Cn2nc(C)c(Br)c2N)cc1. The molecule has 1 aromatic carbocycles. The topological polar surface area (TPSA) is 43.8 Å². The predicted octanol–water partition coefficient (Wildman–Crippen LogP) is 2.89. The monoisotopic (exact) mass is 279 g/mol. The van der Waals surface area contributed by atoms with Crippen molar-refractivity contribution in [2.45, 2.75) is 20.4 Å². The molecule has 0 unspecified atom stereocenters. The van der Waals surface area contributed by atoms with Gasteiger partial charge in [0.2, 0.25) is 0 Å². The third-order valence-corrected chi connectivity index (χ3v) is 3.52. The van der Waals surface area contributed by atoms with Crippen LogP contribution >= 0.6 is 15.9 Å². The number of aromatic nitrogens is 2. The van der Waals surface area contributed by atoms with Crippen molar-refractivity contribution >= 4 is 21.7 Å². The summed E-state index contributed by atoms with van der Waals surface area (Å²) in [5, 5.41) is 4.37. The summed E-state index contributed by atoms with van der Waals surface area (Å²) in [5.74, 6) is 0.679. The molecule has 0 atom stereocenters. The summed E-state index contributed by atoms with van der Waals surface area (Å²) in [6.45, 7) is 4.72. The van der Waals surface area contributed by atoms with Gasteiger partial charge in [0.05, 0.1) is 16.7 Å². The molecule has 2 rings (SSSR count). The van der Waals surface area contributed by atoms with Crippen molar-refractivity contribution < 1.29 is 0 Å². The molecular formula is C12H14BrN3. The van der Waals surface area contributed by atoms with Crippen molar-refractivity contribution in [3.05, 3.63) is 45.6 Å². The number of anilines is 1. The lowest BCUT2D eigenvalue weighted by atomic mass is 10.1. The van der Waals surface area contributed by atoms with Gasteiger partial charge < -0.3 is 5.73 Å². The summed E-state index contributed by atoms with van der Waals surface area (Å²) in [4.78, 5) is 0. The summed E-state index contributed by atoms with van der Waals surface area (Å²) in [6, 6.07) is 8.38. The average Bonchev–Trinajstić information content (AvgIpc) is 2.50. The maximum absolute atomic E-state index is 5.93. The van der Waals surface area contributed by atoms with Crippen LogP contribution in [0.4, 0.5) is 5.82 Å². The quantitative estimate of drug-likeness (QED) is 0.919. The first kappa shape index (κ1) is 11.2. The molecular weight excluding hydrogens is 266 g/mol. The van der Waals surface area contributed by atoms with E-state index >= 15 is 0 Å². The molecule has 0 bridgehead atoms. The zero-order valence-corrected chi connectivity index (χ0v) is 11.0. The Hall–Kier alpha value is -1.29. The van der Waals surface area contributed by atoms with Crippen molar-refractivity contribution in [3.63, 3.8) is 0 Å². The molecule has 1 aromatic heterocycles. The molecule has 0 spiro atoms. The molecule has 0 aliphatic rings. The molecule has 0 fully saturated rings. The van der Waals surface area contributed by atoms with E-state index in [4.69, 9.17) is 5.73 Å². The number of nitrogens with zero attached hydrogens (tertiary/aromatic N) is 2. The largest absolute Gasteiger partial charge is 0.383 e. The first-order chi connectivity index (χ1) is 7.58. The lowest BCUT2D eigenvalue weighted by Gasteiger charge is -2.04. The van der Waals surface area contributed by atoms with Gasteiger partial charge in [0, 0.05) is 0 Å². The van der Waals surface area contributed by atoms with E-state index in [-0.39, 0.29) is 0 Å². The van der Waals surface area contributed by atoms with Crippen molar-refractivity contribution in [2.24, 2.45) is 0 Å². The highest BCUT2D eigenvalue weighted by Crippen LogP contribution is 2.23. The van der Waals surface area contributed by atoms with E-state index in [1.165, 1.54) is 11.1 Å². The van der Waals surface area contributed by atoms with Gasteiger partial charge in [0.1, 0.15) is 5.82 Å². The molecule has 16 heavy (non-hydrogen) atoms. The van der Waals surface area contributed by atoms with Crippen molar-refractivity contribution in [2.75, 3.05) is 5.73 Å². The van der Waals surface area contributed by atoms with Gasteiger partial charge in [0.15, 0.2) is 0 Å². The zero-order chi connectivity index (χ0) is 11.7. The van der Waals surface area contributed by atoms with Crippen LogP contribution in [0.25, 0.3) is 0 Å². The van der Waals surface area contributed by atoms with Gasteiger partial charge in [-0.15, -0.1) is 0 Å². The average molecular weight is 280 g/mol. The van der Waals surface area contributed by atoms with Gasteiger partial charge in [-0.05, 0) is 35.3 Å². The van der Waals surface area contributed by atoms with Gasteiger partial charge >= 0.3 is 0 Å². The molecule has 2 aromatic rings. The number of nitrogen functional groups attached to an aromatic ring is 1. The van der Waals surface area contributed by atoms with Crippen molar-refractivity contribution in [3.8, 4) is 0 Å². The van der Waals surface area contributed by atoms with Crippen LogP contribution in [0.15, 0.2) is 28.7 Å². The van der Waals surface area contributed by atoms with Crippen LogP contribution in [-0.2, 0) is 6.54 Å². The van der Waals surface area contributed by atoms with Gasteiger partial charge in [-0.25, -0.2) is 4.68 Å². The molecule has 0 aliphatic heterocycles. The third kappa shape index (κ3) is 2.11. The molecule has 0 amide bonds. The molecule has 0 saturated heterocycles. The first-order valence-electron chi connectivity index (χ1n) is 5.12. The fraction of sp³-hybridized carbons (Fsp3) is 0.250. The van der Waals surface area contributed by atoms with Crippen LogP contribution in [0, 0.1) is 13.8 Å². The lowest BCUT2D eigenvalue weighted by molar-refractivity contribution is 0.689. The number of hydrogen-bond acceptors (Lipinski definition) is 2. The standard InChI is InChI=1S/C12H14BrN3/c1-8-3-5-10(6-4-8)7-16-12(14)11(13)9(2)15-16/h3-6H,7,14H2,1-2H3. The smallest absolute Gasteiger partial charge is 0.136 e. The molecule has 0 radical (unpaired) electrons. The highest BCUT2D eigenvalue weighted by Gasteiger charge is 2.09. The van der Waals surface area contributed by atoms with Crippen LogP contribution in [-0.4, -0.2) is 9.78 Å². The van der Waals surface area contributed by atoms with Gasteiger partial charge in [-0.2, -0.15) is 5.10 Å². The summed E-state index contributed by atoms with van der Waals surface area (Å²) in [5.41, 5.74) is 9.32. The van der Waals surface area contributed by atoms with E-state index in [0.29, 0.717) is 12.4 Å². The second-order valence-corrected chi connectivity index (χ2v) is 4.72. The van der Waals surface area contributed by atoms with E-state index < -0.39 is 0 Å². The molecule has 4 heteroatoms. The number of benzene rings is 1. The highest BCUT2D eigenvalue weighted by molar-refractivity contribution is 9.10. The van der Waals surface area contributed by atoms with E-state index in [1.807, 2.05) is 11.6 Å². The van der Waals surface area contributed by atoms with Crippen LogP contribution in [0.5, 0.6) is 0 Å². The zero-order valence-electron chi connectivity index (χ0n) is 9.37. The highest BCUT2D eigenvalue weighted by atomic mass is 79.9. The molecule has 3 nitrogen and oxygen atoms in total. The molecule has 2 N–H and O–H groups in total. The van der Waals surface area contributed by atoms with Crippen LogP contribution in [0.1, 0.15) is 16.8 Å². The Labute approximate surface area is 103 Å². The number of halogens is 1. The fourth-order valence-corrected chi connectivity index (χ4v) is 1.85. The van der Waals surface area contributed by atoms with E-state index in [1.54, 1.807) is 0 Å². The molecule has 0 saturated carbocycles. The Balaban J connectivity index is 2.27. The second kappa shape index (κ2) is 4.29. The van der Waals surface area contributed by atoms with Crippen LogP contribution in [0.2, 0.25) is 0 Å². The Morgan fingerprint density at radius 3 is 2.38 bits per heavy atom. The van der Waals surface area contributed by atoms with Gasteiger partial charge in [0.25, 0.3) is 0 Å². The third-order valence-electron chi connectivity index (χ3n) is 2.54. The Morgan fingerprint density at radius 1 is 1.25 bits per heavy atom. The lowest BCUT2D eigenvalue weighted by Crippen LogP contribution is -2.05. The molecule has 84 valence electrons. The minimum atomic E-state index is 0.679. The van der Waals surface area contributed by atoms with Gasteiger partial charge in [-0.3, -0.25) is 0 Å². The van der Waals surface area contributed by atoms with E-state index in [9.17, 15) is 0 Å². The van der Waals surface area contributed by atoms with Crippen molar-refractivity contribution in [1.82, 2.24) is 9.78 Å². The minimum Gasteiger partial charge on any atom is -0.383 e. The van der Waals surface area contributed by atoms with E-state index in [0.717, 1.165) is 10.2 Å². The minimum absolute atomic E-state index is 0.679. The number of aryl methyl sites for hydroxylation is 2. The number of rotatable bonds is 2. The Bertz CT molecular complexity index is 500. The maximum Gasteiger partial charge on any atom is 0.136 e. The number of nitrogens with two attached hydrogens (primary N) is 1. The Morgan fingerprint density at radius 2 is 1.88 bits per heavy atom. The second-order valence-electron chi connectivity index (χ2n) is 3.93. The Kier molecular flexibility index (Phi) is 3.01. The first-order valence-corrected chi connectivity index (χ1v) is 5.91. The van der Waals surface area contributed by atoms with Crippen molar-refractivity contribution in [1.29, 1.82) is 0 Å². The fourth-order valence-electron chi connectivity index (χ4n) is 1.56. The van der Waals surface area contributed by atoms with Gasteiger partial charge in [-0.1, -0.05) is 29.8 Å². The summed E-state index contributed by atoms with van der Waals surface area (Å²) < 4.78 is 2.70. The summed E-state index contributed by atoms with van der Waals surface area (Å²) >= 11 is 3.42.